The Morgan fingerprint density at radius 3 is 1.89 bits per heavy atom. The molecule has 2 rings (SSSR count). The van der Waals surface area contributed by atoms with Crippen molar-refractivity contribution in [1.82, 2.24) is 0 Å². The van der Waals surface area contributed by atoms with E-state index in [2.05, 4.69) is 0 Å². The zero-order valence-corrected chi connectivity index (χ0v) is 13.5. The van der Waals surface area contributed by atoms with Crippen molar-refractivity contribution in [3.8, 4) is 5.75 Å². The van der Waals surface area contributed by atoms with Crippen LogP contribution in [0.25, 0.3) is 0 Å². The number of carboxylic acids is 1. The first-order valence-corrected chi connectivity index (χ1v) is 5.25. The molecule has 0 aromatic heterocycles. The average molecular weight is 280 g/mol. The molecular formula is C14H9KO4. The van der Waals surface area contributed by atoms with Crippen molar-refractivity contribution >= 4 is 11.9 Å². The van der Waals surface area contributed by atoms with E-state index in [9.17, 15) is 14.7 Å². The van der Waals surface area contributed by atoms with Gasteiger partial charge in [0.05, 0.1) is 11.5 Å². The SMILES string of the molecule is O=C([O-])c1ccc(C(=O)Oc2ccccc2)cc1.[K+]. The summed E-state index contributed by atoms with van der Waals surface area (Å²) in [6.45, 7) is 0. The van der Waals surface area contributed by atoms with Crippen molar-refractivity contribution in [1.29, 1.82) is 0 Å². The van der Waals surface area contributed by atoms with E-state index in [0.29, 0.717) is 5.75 Å². The zero-order chi connectivity index (χ0) is 13.0. The van der Waals surface area contributed by atoms with Gasteiger partial charge in [-0.3, -0.25) is 0 Å². The molecule has 0 radical (unpaired) electrons. The quantitative estimate of drug-likeness (QED) is 0.381. The number of carbonyl (C=O) groups excluding carboxylic acids is 2. The number of esters is 1. The average Bonchev–Trinajstić information content (AvgIpc) is 2.40. The van der Waals surface area contributed by atoms with Crippen molar-refractivity contribution < 1.29 is 70.8 Å². The second-order valence-electron chi connectivity index (χ2n) is 3.57. The van der Waals surface area contributed by atoms with Crippen LogP contribution in [0.15, 0.2) is 54.6 Å². The first kappa shape index (κ1) is 16.1. The summed E-state index contributed by atoms with van der Waals surface area (Å²) in [5.74, 6) is -1.38. The van der Waals surface area contributed by atoms with Gasteiger partial charge in [-0.1, -0.05) is 30.3 Å². The normalized spacial score (nSPS) is 9.26. The van der Waals surface area contributed by atoms with Crippen LogP contribution >= 0.6 is 0 Å². The molecule has 0 saturated heterocycles. The molecule has 0 bridgehead atoms. The number of carboxylic acid groups (broad SMARTS) is 1. The van der Waals surface area contributed by atoms with Crippen molar-refractivity contribution in [3.63, 3.8) is 0 Å². The van der Waals surface area contributed by atoms with Gasteiger partial charge in [0, 0.05) is 0 Å². The molecule has 0 unspecified atom stereocenters. The summed E-state index contributed by atoms with van der Waals surface area (Å²) in [5.41, 5.74) is 0.301. The van der Waals surface area contributed by atoms with E-state index in [0.717, 1.165) is 0 Å². The van der Waals surface area contributed by atoms with Crippen LogP contribution in [0, 0.1) is 0 Å². The zero-order valence-electron chi connectivity index (χ0n) is 10.3. The van der Waals surface area contributed by atoms with Crippen LogP contribution < -0.4 is 61.2 Å². The van der Waals surface area contributed by atoms with Gasteiger partial charge in [-0.15, -0.1) is 0 Å². The Morgan fingerprint density at radius 1 is 0.842 bits per heavy atom. The summed E-state index contributed by atoms with van der Waals surface area (Å²) >= 11 is 0. The molecule has 0 saturated carbocycles. The van der Waals surface area contributed by atoms with Crippen LogP contribution in [-0.2, 0) is 0 Å². The van der Waals surface area contributed by atoms with E-state index in [-0.39, 0.29) is 62.5 Å². The number of rotatable bonds is 3. The van der Waals surface area contributed by atoms with Gasteiger partial charge in [0.2, 0.25) is 0 Å². The van der Waals surface area contributed by atoms with Gasteiger partial charge >= 0.3 is 57.4 Å². The Labute approximate surface area is 152 Å². The van der Waals surface area contributed by atoms with E-state index < -0.39 is 11.9 Å². The third-order valence-corrected chi connectivity index (χ3v) is 2.31. The topological polar surface area (TPSA) is 66.4 Å². The standard InChI is InChI=1S/C14H10O4.K/c15-13(16)10-6-8-11(9-7-10)14(17)18-12-4-2-1-3-5-12;/h1-9H,(H,15,16);/q;+1/p-1. The van der Waals surface area contributed by atoms with Gasteiger partial charge in [0.15, 0.2) is 0 Å². The first-order chi connectivity index (χ1) is 8.66. The molecule has 0 aliphatic carbocycles. The monoisotopic (exact) mass is 280 g/mol. The van der Waals surface area contributed by atoms with Crippen LogP contribution in [0.2, 0.25) is 0 Å². The fraction of sp³-hybridized carbons (Fsp3) is 0. The maximum Gasteiger partial charge on any atom is 1.00 e. The molecule has 19 heavy (non-hydrogen) atoms. The van der Waals surface area contributed by atoms with Crippen LogP contribution in [0.4, 0.5) is 0 Å². The predicted octanol–water partition coefficient (Wildman–Crippen LogP) is -1.73. The molecular weight excluding hydrogens is 271 g/mol. The number of benzene rings is 2. The molecule has 0 heterocycles. The second kappa shape index (κ2) is 7.57. The Morgan fingerprint density at radius 2 is 1.37 bits per heavy atom. The molecule has 0 aliphatic rings. The van der Waals surface area contributed by atoms with E-state index in [1.54, 1.807) is 24.3 Å². The molecule has 0 spiro atoms. The summed E-state index contributed by atoms with van der Waals surface area (Å²) in [6.07, 6.45) is 0. The molecule has 0 N–H and O–H groups in total. The number of para-hydroxylation sites is 1. The van der Waals surface area contributed by atoms with Gasteiger partial charge < -0.3 is 14.6 Å². The van der Waals surface area contributed by atoms with E-state index in [1.807, 2.05) is 6.07 Å². The second-order valence-corrected chi connectivity index (χ2v) is 3.57. The Bertz CT molecular complexity index is 564. The molecule has 4 nitrogen and oxygen atoms in total. The summed E-state index contributed by atoms with van der Waals surface area (Å²) in [7, 11) is 0. The Kier molecular flexibility index (Phi) is 6.40. The maximum atomic E-state index is 11.7. The van der Waals surface area contributed by atoms with Crippen molar-refractivity contribution in [3.05, 3.63) is 65.7 Å². The molecule has 0 aliphatic heterocycles. The van der Waals surface area contributed by atoms with Crippen molar-refractivity contribution in [2.75, 3.05) is 0 Å². The number of ether oxygens (including phenoxy) is 1. The molecule has 2 aromatic rings. The van der Waals surface area contributed by atoms with Crippen LogP contribution in [0.5, 0.6) is 5.75 Å². The van der Waals surface area contributed by atoms with E-state index >= 15 is 0 Å². The number of hydrogen-bond acceptors (Lipinski definition) is 4. The molecule has 5 heteroatoms. The fourth-order valence-corrected chi connectivity index (χ4v) is 1.40. The number of carbonyl (C=O) groups is 2. The summed E-state index contributed by atoms with van der Waals surface area (Å²) in [5, 5.41) is 10.5. The summed E-state index contributed by atoms with van der Waals surface area (Å²) in [6, 6.07) is 14.0. The van der Waals surface area contributed by atoms with E-state index in [1.165, 1.54) is 24.3 Å². The molecule has 0 amide bonds. The van der Waals surface area contributed by atoms with Gasteiger partial charge in [0.25, 0.3) is 0 Å². The Hall–Kier alpha value is -0.984. The number of hydrogen-bond donors (Lipinski definition) is 0. The van der Waals surface area contributed by atoms with Gasteiger partial charge in [-0.25, -0.2) is 4.79 Å². The fourth-order valence-electron chi connectivity index (χ4n) is 1.40. The van der Waals surface area contributed by atoms with E-state index in [4.69, 9.17) is 4.74 Å². The maximum absolute atomic E-state index is 11.7. The van der Waals surface area contributed by atoms with Gasteiger partial charge in [-0.2, -0.15) is 0 Å². The van der Waals surface area contributed by atoms with Crippen molar-refractivity contribution in [2.24, 2.45) is 0 Å². The van der Waals surface area contributed by atoms with Crippen molar-refractivity contribution in [2.45, 2.75) is 0 Å². The minimum Gasteiger partial charge on any atom is -0.545 e. The third-order valence-electron chi connectivity index (χ3n) is 2.31. The molecule has 90 valence electrons. The van der Waals surface area contributed by atoms with Crippen LogP contribution in [0.1, 0.15) is 20.7 Å². The van der Waals surface area contributed by atoms with Crippen LogP contribution in [0.3, 0.4) is 0 Å². The first-order valence-electron chi connectivity index (χ1n) is 5.25. The minimum absolute atomic E-state index is 0. The molecule has 0 atom stereocenters. The molecule has 2 aromatic carbocycles. The summed E-state index contributed by atoms with van der Waals surface area (Å²) in [4.78, 5) is 22.3. The van der Waals surface area contributed by atoms with Crippen LogP contribution in [-0.4, -0.2) is 11.9 Å². The van der Waals surface area contributed by atoms with Gasteiger partial charge in [-0.05, 0) is 29.8 Å². The smallest absolute Gasteiger partial charge is 0.545 e. The third kappa shape index (κ3) is 4.56. The predicted molar refractivity (Wildman–Crippen MR) is 62.2 cm³/mol. The molecule has 0 fully saturated rings. The summed E-state index contributed by atoms with van der Waals surface area (Å²) < 4.78 is 5.10. The largest absolute Gasteiger partial charge is 1.00 e. The minimum atomic E-state index is -1.28. The Balaban J connectivity index is 0.00000180. The van der Waals surface area contributed by atoms with Gasteiger partial charge in [0.1, 0.15) is 5.75 Å². The number of aromatic carboxylic acids is 1.